The predicted octanol–water partition coefficient (Wildman–Crippen LogP) is 7.42. The van der Waals surface area contributed by atoms with Crippen LogP contribution in [0.15, 0.2) is 0 Å². The molecule has 0 aliphatic rings. The second kappa shape index (κ2) is 17.0. The summed E-state index contributed by atoms with van der Waals surface area (Å²) in [5.74, 6) is -0.388. The van der Waals surface area contributed by atoms with Crippen molar-refractivity contribution in [2.75, 3.05) is 5.88 Å². The number of carboxylic acids is 1. The van der Waals surface area contributed by atoms with Gasteiger partial charge in [-0.05, 0) is 12.8 Å². The maximum absolute atomic E-state index is 10.8. The van der Waals surface area contributed by atoms with Crippen LogP contribution in [0.3, 0.4) is 0 Å². The van der Waals surface area contributed by atoms with Gasteiger partial charge in [0.25, 0.3) is 0 Å². The van der Waals surface area contributed by atoms with Crippen molar-refractivity contribution >= 4 is 64.0 Å². The van der Waals surface area contributed by atoms with Crippen molar-refractivity contribution < 1.29 is 9.90 Å². The van der Waals surface area contributed by atoms with Crippen LogP contribution in [0.2, 0.25) is 0 Å². The van der Waals surface area contributed by atoms with Crippen molar-refractivity contribution in [3.05, 3.63) is 0 Å². The fourth-order valence-electron chi connectivity index (χ4n) is 2.68. The maximum atomic E-state index is 10.8. The molecule has 2 nitrogen and oxygen atoms in total. The molecule has 0 aromatic heterocycles. The zero-order valence-corrected chi connectivity index (χ0v) is 18.5. The van der Waals surface area contributed by atoms with E-state index in [2.05, 4.69) is 0 Å². The summed E-state index contributed by atoms with van der Waals surface area (Å²) < 4.78 is 0. The van der Waals surface area contributed by atoms with Crippen LogP contribution in [-0.4, -0.2) is 38.5 Å². The SMILES string of the molecule is O=C(O)C(Cl)C(Cl)C(Cl)C(Cl)CCCCCCCCCCCCCCl. The lowest BCUT2D eigenvalue weighted by Crippen LogP contribution is -2.36. The highest BCUT2D eigenvalue weighted by Gasteiger charge is 2.34. The Morgan fingerprint density at radius 2 is 1.08 bits per heavy atom. The van der Waals surface area contributed by atoms with Crippen LogP contribution in [-0.2, 0) is 4.79 Å². The van der Waals surface area contributed by atoms with Crippen molar-refractivity contribution in [2.24, 2.45) is 0 Å². The first-order chi connectivity index (χ1) is 11.9. The number of rotatable bonds is 17. The van der Waals surface area contributed by atoms with E-state index in [0.29, 0.717) is 0 Å². The third kappa shape index (κ3) is 13.7. The monoisotopic (exact) mass is 454 g/mol. The summed E-state index contributed by atoms with van der Waals surface area (Å²) in [4.78, 5) is 10.8. The Labute approximate surface area is 177 Å². The van der Waals surface area contributed by atoms with Gasteiger partial charge in [0.15, 0.2) is 0 Å². The minimum Gasteiger partial charge on any atom is -0.480 e. The summed E-state index contributed by atoms with van der Waals surface area (Å²) in [6.45, 7) is 0. The number of unbranched alkanes of at least 4 members (excludes halogenated alkanes) is 10. The van der Waals surface area contributed by atoms with E-state index in [1.807, 2.05) is 0 Å². The van der Waals surface area contributed by atoms with Gasteiger partial charge in [-0.2, -0.15) is 0 Å². The third-order valence-corrected chi connectivity index (χ3v) is 6.98. The lowest BCUT2D eigenvalue weighted by molar-refractivity contribution is -0.136. The van der Waals surface area contributed by atoms with E-state index in [1.165, 1.54) is 51.4 Å². The Morgan fingerprint density at radius 1 is 0.680 bits per heavy atom. The van der Waals surface area contributed by atoms with Crippen LogP contribution in [0, 0.1) is 0 Å². The predicted molar refractivity (Wildman–Crippen MR) is 112 cm³/mol. The van der Waals surface area contributed by atoms with Gasteiger partial charge in [-0.1, -0.05) is 64.2 Å². The average Bonchev–Trinajstić information content (AvgIpc) is 2.60. The molecule has 0 fully saturated rings. The van der Waals surface area contributed by atoms with E-state index >= 15 is 0 Å². The molecule has 0 saturated heterocycles. The molecule has 0 aliphatic carbocycles. The highest BCUT2D eigenvalue weighted by molar-refractivity contribution is 6.41. The summed E-state index contributed by atoms with van der Waals surface area (Å²) in [6.07, 6.45) is 14.2. The van der Waals surface area contributed by atoms with E-state index < -0.39 is 22.1 Å². The van der Waals surface area contributed by atoms with Gasteiger partial charge in [-0.15, -0.1) is 58.0 Å². The molecule has 0 radical (unpaired) electrons. The number of hydrogen-bond acceptors (Lipinski definition) is 1. The second-order valence-corrected chi connectivity index (χ2v) is 8.93. The fourth-order valence-corrected chi connectivity index (χ4v) is 4.04. The number of halogens is 5. The molecular weight excluding hydrogens is 425 g/mol. The van der Waals surface area contributed by atoms with Crippen LogP contribution in [0.5, 0.6) is 0 Å². The molecule has 0 aromatic carbocycles. The van der Waals surface area contributed by atoms with E-state index in [9.17, 15) is 4.79 Å². The smallest absolute Gasteiger partial charge is 0.323 e. The van der Waals surface area contributed by atoms with Crippen LogP contribution < -0.4 is 0 Å². The first-order valence-electron chi connectivity index (χ1n) is 9.26. The van der Waals surface area contributed by atoms with Gasteiger partial charge in [0.05, 0.1) is 16.1 Å². The number of carbonyl (C=O) groups is 1. The van der Waals surface area contributed by atoms with Gasteiger partial charge >= 0.3 is 5.97 Å². The van der Waals surface area contributed by atoms with Gasteiger partial charge in [0.1, 0.15) is 5.38 Å². The van der Waals surface area contributed by atoms with Crippen molar-refractivity contribution in [3.63, 3.8) is 0 Å². The standard InChI is InChI=1S/C18H31Cl5O2/c19-13-11-9-7-5-3-1-2-4-6-8-10-12-14(20)15(21)16(22)17(23)18(24)25/h14-17H,1-13H2,(H,24,25). The van der Waals surface area contributed by atoms with E-state index in [-0.39, 0.29) is 5.38 Å². The summed E-state index contributed by atoms with van der Waals surface area (Å²) in [6, 6.07) is 0. The van der Waals surface area contributed by atoms with Crippen LogP contribution in [0.25, 0.3) is 0 Å². The molecule has 0 aliphatic heterocycles. The van der Waals surface area contributed by atoms with Crippen molar-refractivity contribution in [2.45, 2.75) is 98.6 Å². The number of hydrogen-bond donors (Lipinski definition) is 1. The summed E-state index contributed by atoms with van der Waals surface area (Å²) >= 11 is 29.7. The molecule has 4 unspecified atom stereocenters. The average molecular weight is 457 g/mol. The largest absolute Gasteiger partial charge is 0.480 e. The number of aliphatic carboxylic acids is 1. The maximum Gasteiger partial charge on any atom is 0.323 e. The summed E-state index contributed by atoms with van der Waals surface area (Å²) in [5.41, 5.74) is 0. The molecule has 7 heteroatoms. The van der Waals surface area contributed by atoms with E-state index in [4.69, 9.17) is 63.1 Å². The van der Waals surface area contributed by atoms with Gasteiger partial charge in [0, 0.05) is 5.88 Å². The second-order valence-electron chi connectivity index (χ2n) is 6.51. The van der Waals surface area contributed by atoms with Gasteiger partial charge in [-0.3, -0.25) is 4.79 Å². The van der Waals surface area contributed by atoms with Crippen molar-refractivity contribution in [1.82, 2.24) is 0 Å². The Bertz CT molecular complexity index is 331. The molecule has 4 atom stereocenters. The Morgan fingerprint density at radius 3 is 1.48 bits per heavy atom. The Kier molecular flexibility index (Phi) is 17.7. The molecular formula is C18H31Cl5O2. The normalized spacial score (nSPS) is 16.4. The molecule has 1 N–H and O–H groups in total. The molecule has 0 saturated carbocycles. The van der Waals surface area contributed by atoms with Gasteiger partial charge in [0.2, 0.25) is 0 Å². The van der Waals surface area contributed by atoms with E-state index in [1.54, 1.807) is 0 Å². The fraction of sp³-hybridized carbons (Fsp3) is 0.944. The van der Waals surface area contributed by atoms with Crippen LogP contribution in [0.4, 0.5) is 0 Å². The number of alkyl halides is 5. The highest BCUT2D eigenvalue weighted by Crippen LogP contribution is 2.27. The molecule has 25 heavy (non-hydrogen) atoms. The van der Waals surface area contributed by atoms with Crippen LogP contribution >= 0.6 is 58.0 Å². The third-order valence-electron chi connectivity index (χ3n) is 4.28. The molecule has 0 heterocycles. The molecule has 150 valence electrons. The Balaban J connectivity index is 3.54. The topological polar surface area (TPSA) is 37.3 Å². The van der Waals surface area contributed by atoms with Gasteiger partial charge in [-0.25, -0.2) is 0 Å². The quantitative estimate of drug-likeness (QED) is 0.183. The highest BCUT2D eigenvalue weighted by atomic mass is 35.5. The van der Waals surface area contributed by atoms with Crippen molar-refractivity contribution in [1.29, 1.82) is 0 Å². The molecule has 0 amide bonds. The van der Waals surface area contributed by atoms with Crippen molar-refractivity contribution in [3.8, 4) is 0 Å². The zero-order chi connectivity index (χ0) is 19.1. The zero-order valence-electron chi connectivity index (χ0n) is 14.7. The first-order valence-corrected chi connectivity index (χ1v) is 11.5. The molecule has 0 aromatic rings. The minimum absolute atomic E-state index is 0.363. The molecule has 0 spiro atoms. The Hall–Kier alpha value is 0.920. The lowest BCUT2D eigenvalue weighted by atomic mass is 10.0. The van der Waals surface area contributed by atoms with Crippen LogP contribution in [0.1, 0.15) is 77.0 Å². The first kappa shape index (κ1) is 25.9. The summed E-state index contributed by atoms with van der Waals surface area (Å²) in [7, 11) is 0. The number of carboxylic acid groups (broad SMARTS) is 1. The van der Waals surface area contributed by atoms with E-state index in [0.717, 1.165) is 31.6 Å². The molecule has 0 rings (SSSR count). The minimum atomic E-state index is -1.22. The lowest BCUT2D eigenvalue weighted by Gasteiger charge is -2.22. The summed E-state index contributed by atoms with van der Waals surface area (Å²) in [5, 5.41) is 5.73. The van der Waals surface area contributed by atoms with Gasteiger partial charge < -0.3 is 5.11 Å². The molecule has 0 bridgehead atoms.